The molecule has 0 aromatic carbocycles. The first kappa shape index (κ1) is 10.9. The van der Waals surface area contributed by atoms with E-state index in [1.165, 1.54) is 0 Å². The number of piperidine rings is 1. The van der Waals surface area contributed by atoms with E-state index in [9.17, 15) is 12.3 Å². The lowest BCUT2D eigenvalue weighted by Crippen LogP contribution is -2.41. The summed E-state index contributed by atoms with van der Waals surface area (Å²) < 4.78 is 32.7. The van der Waals surface area contributed by atoms with Crippen LogP contribution in [0, 0.1) is 0 Å². The molecule has 2 atom stereocenters. The van der Waals surface area contributed by atoms with Crippen molar-refractivity contribution in [2.24, 2.45) is 0 Å². The molecule has 1 N–H and O–H groups in total. The van der Waals surface area contributed by atoms with E-state index < -0.39 is 10.2 Å². The van der Waals surface area contributed by atoms with Crippen LogP contribution in [-0.2, 0) is 10.2 Å². The van der Waals surface area contributed by atoms with Gasteiger partial charge in [-0.2, -0.15) is 8.42 Å². The van der Waals surface area contributed by atoms with Crippen molar-refractivity contribution in [3.63, 3.8) is 0 Å². The van der Waals surface area contributed by atoms with Crippen LogP contribution in [0.1, 0.15) is 32.6 Å². The summed E-state index contributed by atoms with van der Waals surface area (Å²) in [6, 6.07) is 0.607. The molecule has 2 unspecified atom stereocenters. The molecule has 1 aliphatic rings. The van der Waals surface area contributed by atoms with Crippen molar-refractivity contribution in [3.8, 4) is 0 Å². The third kappa shape index (κ3) is 4.57. The first-order chi connectivity index (χ1) is 5.97. The van der Waals surface area contributed by atoms with Gasteiger partial charge in [0.05, 0.1) is 5.75 Å². The Kier molecular flexibility index (Phi) is 3.67. The molecule has 0 aromatic rings. The van der Waals surface area contributed by atoms with Gasteiger partial charge in [-0.15, -0.1) is 3.89 Å². The standard InChI is InChI=1S/C8H16FNO2S/c1-7-3-2-4-8(10-7)5-6-13(9,11)12/h7-8,10H,2-6H2,1H3. The third-order valence-corrected chi connectivity index (χ3v) is 3.14. The van der Waals surface area contributed by atoms with E-state index in [4.69, 9.17) is 0 Å². The molecule has 0 spiro atoms. The summed E-state index contributed by atoms with van der Waals surface area (Å²) in [6.07, 6.45) is 3.58. The van der Waals surface area contributed by atoms with Gasteiger partial charge < -0.3 is 5.32 Å². The zero-order chi connectivity index (χ0) is 9.90. The highest BCUT2D eigenvalue weighted by Crippen LogP contribution is 2.15. The smallest absolute Gasteiger partial charge is 0.302 e. The molecule has 3 nitrogen and oxygen atoms in total. The SMILES string of the molecule is CC1CCCC(CCS(=O)(=O)F)N1. The van der Waals surface area contributed by atoms with Crippen molar-refractivity contribution < 1.29 is 12.3 Å². The summed E-state index contributed by atoms with van der Waals surface area (Å²) in [6.45, 7) is 2.07. The number of rotatable bonds is 3. The average Bonchev–Trinajstić information content (AvgIpc) is 2.00. The zero-order valence-electron chi connectivity index (χ0n) is 7.79. The van der Waals surface area contributed by atoms with E-state index in [1.54, 1.807) is 0 Å². The third-order valence-electron chi connectivity index (χ3n) is 2.42. The van der Waals surface area contributed by atoms with Crippen molar-refractivity contribution >= 4 is 10.2 Å². The molecule has 13 heavy (non-hydrogen) atoms. The van der Waals surface area contributed by atoms with E-state index >= 15 is 0 Å². The summed E-state index contributed by atoms with van der Waals surface area (Å²) in [5, 5.41) is 3.26. The van der Waals surface area contributed by atoms with Gasteiger partial charge in [-0.25, -0.2) is 0 Å². The van der Waals surface area contributed by atoms with Gasteiger partial charge >= 0.3 is 10.2 Å². The molecule has 0 aromatic heterocycles. The molecule has 78 valence electrons. The first-order valence-electron chi connectivity index (χ1n) is 4.66. The maximum atomic E-state index is 12.2. The lowest BCUT2D eigenvalue weighted by atomic mass is 9.98. The van der Waals surface area contributed by atoms with Crippen LogP contribution in [0.25, 0.3) is 0 Å². The Hall–Kier alpha value is -0.160. The second-order valence-corrected chi connectivity index (χ2v) is 5.21. The second-order valence-electron chi connectivity index (χ2n) is 3.73. The molecule has 0 bridgehead atoms. The normalized spacial score (nSPS) is 30.3. The second kappa shape index (κ2) is 4.37. The molecular weight excluding hydrogens is 193 g/mol. The average molecular weight is 209 g/mol. The Morgan fingerprint density at radius 3 is 2.69 bits per heavy atom. The van der Waals surface area contributed by atoms with E-state index in [2.05, 4.69) is 12.2 Å². The fraction of sp³-hybridized carbons (Fsp3) is 1.00. The Balaban J connectivity index is 2.29. The summed E-state index contributed by atoms with van der Waals surface area (Å²) in [4.78, 5) is 0. The van der Waals surface area contributed by atoms with Gasteiger partial charge in [-0.05, 0) is 26.2 Å². The van der Waals surface area contributed by atoms with Crippen LogP contribution in [0.3, 0.4) is 0 Å². The van der Waals surface area contributed by atoms with Crippen LogP contribution in [0.5, 0.6) is 0 Å². The summed E-state index contributed by atoms with van der Waals surface area (Å²) in [5.74, 6) is -0.350. The van der Waals surface area contributed by atoms with Crippen LogP contribution < -0.4 is 5.32 Å². The highest BCUT2D eigenvalue weighted by atomic mass is 32.3. The maximum absolute atomic E-state index is 12.2. The van der Waals surface area contributed by atoms with Crippen LogP contribution in [0.2, 0.25) is 0 Å². The maximum Gasteiger partial charge on any atom is 0.302 e. The van der Waals surface area contributed by atoms with Crippen molar-refractivity contribution in [1.29, 1.82) is 0 Å². The molecular formula is C8H16FNO2S. The van der Waals surface area contributed by atoms with Gasteiger partial charge in [0.1, 0.15) is 0 Å². The van der Waals surface area contributed by atoms with Crippen molar-refractivity contribution in [3.05, 3.63) is 0 Å². The minimum atomic E-state index is -4.28. The molecule has 0 saturated carbocycles. The summed E-state index contributed by atoms with van der Waals surface area (Å²) >= 11 is 0. The Morgan fingerprint density at radius 2 is 2.15 bits per heavy atom. The number of halogens is 1. The Morgan fingerprint density at radius 1 is 1.46 bits per heavy atom. The Bertz CT molecular complexity index is 253. The van der Waals surface area contributed by atoms with Gasteiger partial charge in [0.25, 0.3) is 0 Å². The molecule has 1 heterocycles. The minimum absolute atomic E-state index is 0.175. The minimum Gasteiger partial charge on any atom is -0.311 e. The lowest BCUT2D eigenvalue weighted by molar-refractivity contribution is 0.328. The van der Waals surface area contributed by atoms with Gasteiger partial charge in [0.2, 0.25) is 0 Å². The molecule has 0 radical (unpaired) electrons. The molecule has 5 heteroatoms. The van der Waals surface area contributed by atoms with E-state index in [0.717, 1.165) is 19.3 Å². The fourth-order valence-electron chi connectivity index (χ4n) is 1.75. The molecule has 0 aliphatic carbocycles. The van der Waals surface area contributed by atoms with Crippen LogP contribution in [0.15, 0.2) is 0 Å². The summed E-state index contributed by atoms with van der Waals surface area (Å²) in [5.41, 5.74) is 0. The van der Waals surface area contributed by atoms with Gasteiger partial charge in [-0.3, -0.25) is 0 Å². The van der Waals surface area contributed by atoms with Gasteiger partial charge in [0.15, 0.2) is 0 Å². The van der Waals surface area contributed by atoms with Crippen molar-refractivity contribution in [2.45, 2.75) is 44.7 Å². The van der Waals surface area contributed by atoms with E-state index in [-0.39, 0.29) is 11.8 Å². The van der Waals surface area contributed by atoms with Crippen LogP contribution in [-0.4, -0.2) is 26.3 Å². The van der Waals surface area contributed by atoms with Crippen molar-refractivity contribution in [2.75, 3.05) is 5.75 Å². The number of hydrogen-bond acceptors (Lipinski definition) is 3. The highest BCUT2D eigenvalue weighted by molar-refractivity contribution is 7.86. The van der Waals surface area contributed by atoms with Crippen molar-refractivity contribution in [1.82, 2.24) is 5.32 Å². The van der Waals surface area contributed by atoms with E-state index in [0.29, 0.717) is 12.5 Å². The largest absolute Gasteiger partial charge is 0.311 e. The first-order valence-corrected chi connectivity index (χ1v) is 6.21. The lowest BCUT2D eigenvalue weighted by Gasteiger charge is -2.28. The van der Waals surface area contributed by atoms with Crippen LogP contribution >= 0.6 is 0 Å². The highest BCUT2D eigenvalue weighted by Gasteiger charge is 2.19. The van der Waals surface area contributed by atoms with Gasteiger partial charge in [-0.1, -0.05) is 6.42 Å². The quantitative estimate of drug-likeness (QED) is 0.711. The van der Waals surface area contributed by atoms with E-state index in [1.807, 2.05) is 0 Å². The number of hydrogen-bond donors (Lipinski definition) is 1. The monoisotopic (exact) mass is 209 g/mol. The molecule has 1 rings (SSSR count). The molecule has 1 aliphatic heterocycles. The molecule has 1 saturated heterocycles. The number of nitrogens with one attached hydrogen (secondary N) is 1. The summed E-state index contributed by atoms with van der Waals surface area (Å²) in [7, 11) is -4.28. The molecule has 0 amide bonds. The molecule has 1 fully saturated rings. The van der Waals surface area contributed by atoms with Gasteiger partial charge in [0, 0.05) is 12.1 Å². The fourth-order valence-corrected chi connectivity index (χ4v) is 2.32. The Labute approximate surface area is 78.9 Å². The predicted octanol–water partition coefficient (Wildman–Crippen LogP) is 1.21. The topological polar surface area (TPSA) is 46.2 Å². The predicted molar refractivity (Wildman–Crippen MR) is 49.7 cm³/mol. The van der Waals surface area contributed by atoms with Crippen LogP contribution in [0.4, 0.5) is 3.89 Å². The zero-order valence-corrected chi connectivity index (χ0v) is 8.61.